The zero-order chi connectivity index (χ0) is 18.4. The first kappa shape index (κ1) is 19.2. The second kappa shape index (κ2) is 8.28. The highest BCUT2D eigenvalue weighted by Crippen LogP contribution is 2.27. The van der Waals surface area contributed by atoms with Gasteiger partial charge in [-0.25, -0.2) is 8.78 Å². The number of benzene rings is 2. The molecule has 0 atom stereocenters. The molecule has 2 aromatic rings. The molecule has 0 amide bonds. The van der Waals surface area contributed by atoms with Crippen LogP contribution in [-0.2, 0) is 6.42 Å². The Balaban J connectivity index is 2.22. The molecule has 0 aliphatic carbocycles. The number of hydrogen-bond acceptors (Lipinski definition) is 0. The van der Waals surface area contributed by atoms with Crippen LogP contribution >= 0.6 is 0 Å². The molecule has 0 spiro atoms. The van der Waals surface area contributed by atoms with Gasteiger partial charge in [-0.2, -0.15) is 13.2 Å². The smallest absolute Gasteiger partial charge is 0.206 e. The highest BCUT2D eigenvalue weighted by Gasteiger charge is 2.22. The van der Waals surface area contributed by atoms with Gasteiger partial charge in [-0.3, -0.25) is 0 Å². The molecule has 0 unspecified atom stereocenters. The number of aryl methyl sites for hydroxylation is 1. The first-order valence-corrected chi connectivity index (χ1v) is 8.14. The van der Waals surface area contributed by atoms with Crippen LogP contribution in [0.4, 0.5) is 22.0 Å². The maximum atomic E-state index is 14.0. The molecule has 0 heterocycles. The van der Waals surface area contributed by atoms with Gasteiger partial charge in [-0.15, -0.1) is 0 Å². The van der Waals surface area contributed by atoms with E-state index in [1.165, 1.54) is 0 Å². The topological polar surface area (TPSA) is 0 Å². The summed E-state index contributed by atoms with van der Waals surface area (Å²) >= 11 is 0. The predicted octanol–water partition coefficient (Wildman–Crippen LogP) is 6.94. The van der Waals surface area contributed by atoms with Gasteiger partial charge in [0.15, 0.2) is 0 Å². The third-order valence-corrected chi connectivity index (χ3v) is 3.87. The van der Waals surface area contributed by atoms with E-state index in [1.54, 1.807) is 12.1 Å². The third-order valence-electron chi connectivity index (χ3n) is 3.87. The molecular formula is C20H19F5. The van der Waals surface area contributed by atoms with Gasteiger partial charge in [0.1, 0.15) is 11.6 Å². The van der Waals surface area contributed by atoms with Crippen molar-refractivity contribution in [1.82, 2.24) is 0 Å². The van der Waals surface area contributed by atoms with Crippen molar-refractivity contribution in [1.29, 1.82) is 0 Å². The summed E-state index contributed by atoms with van der Waals surface area (Å²) in [5.74, 6) is -2.05. The first-order chi connectivity index (χ1) is 11.8. The van der Waals surface area contributed by atoms with Crippen molar-refractivity contribution in [3.05, 3.63) is 65.2 Å². The zero-order valence-corrected chi connectivity index (χ0v) is 13.8. The number of unbranched alkanes of at least 4 members (excludes halogenated alkanes) is 2. The minimum absolute atomic E-state index is 0.181. The molecule has 2 rings (SSSR count). The molecular weight excluding hydrogens is 335 g/mol. The highest BCUT2D eigenvalue weighted by molar-refractivity contribution is 5.67. The Labute approximate surface area is 144 Å². The van der Waals surface area contributed by atoms with Crippen LogP contribution in [0.15, 0.2) is 42.5 Å². The Bertz CT molecular complexity index is 704. The average molecular weight is 354 g/mol. The van der Waals surface area contributed by atoms with E-state index < -0.39 is 23.4 Å². The van der Waals surface area contributed by atoms with E-state index in [0.29, 0.717) is 17.2 Å². The number of allylic oxidation sites excluding steroid dienone is 1. The summed E-state index contributed by atoms with van der Waals surface area (Å²) in [7, 11) is 0. The molecule has 0 aliphatic heterocycles. The fraction of sp³-hybridized carbons (Fsp3) is 0.300. The second-order valence-electron chi connectivity index (χ2n) is 5.88. The van der Waals surface area contributed by atoms with Crippen LogP contribution in [0.25, 0.3) is 17.2 Å². The normalized spacial score (nSPS) is 12.1. The molecule has 0 N–H and O–H groups in total. The maximum absolute atomic E-state index is 14.0. The van der Waals surface area contributed by atoms with E-state index in [0.717, 1.165) is 43.4 Å². The van der Waals surface area contributed by atoms with Gasteiger partial charge >= 0.3 is 6.18 Å². The van der Waals surface area contributed by atoms with Gasteiger partial charge < -0.3 is 0 Å². The summed E-state index contributed by atoms with van der Waals surface area (Å²) in [6.45, 7) is 2.12. The van der Waals surface area contributed by atoms with Gasteiger partial charge in [0.05, 0.1) is 0 Å². The largest absolute Gasteiger partial charge is 0.409 e. The monoisotopic (exact) mass is 354 g/mol. The summed E-state index contributed by atoms with van der Waals surface area (Å²) in [6.07, 6.45) is -0.0933. The molecule has 25 heavy (non-hydrogen) atoms. The number of rotatable bonds is 6. The van der Waals surface area contributed by atoms with E-state index in [1.807, 2.05) is 12.1 Å². The lowest BCUT2D eigenvalue weighted by Gasteiger charge is -2.08. The van der Waals surface area contributed by atoms with Crippen LogP contribution < -0.4 is 0 Å². The fourth-order valence-electron chi connectivity index (χ4n) is 2.53. The quantitative estimate of drug-likeness (QED) is 0.389. The van der Waals surface area contributed by atoms with Crippen molar-refractivity contribution in [2.45, 2.75) is 38.8 Å². The SMILES string of the molecule is CCCCCc1ccc(-c2cc(F)c(/C=C/C(F)(F)F)c(F)c2)cc1. The summed E-state index contributed by atoms with van der Waals surface area (Å²) < 4.78 is 64.5. The van der Waals surface area contributed by atoms with Crippen molar-refractivity contribution in [2.24, 2.45) is 0 Å². The molecule has 0 radical (unpaired) electrons. The molecule has 0 bridgehead atoms. The minimum Gasteiger partial charge on any atom is -0.206 e. The Morgan fingerprint density at radius 1 is 0.880 bits per heavy atom. The molecule has 0 saturated heterocycles. The molecule has 0 aliphatic rings. The van der Waals surface area contributed by atoms with Crippen LogP contribution in [0.2, 0.25) is 0 Å². The molecule has 5 heteroatoms. The van der Waals surface area contributed by atoms with Crippen molar-refractivity contribution >= 4 is 6.08 Å². The average Bonchev–Trinajstić information content (AvgIpc) is 2.54. The fourth-order valence-corrected chi connectivity index (χ4v) is 2.53. The Morgan fingerprint density at radius 3 is 2.00 bits per heavy atom. The van der Waals surface area contributed by atoms with E-state index in [2.05, 4.69) is 6.92 Å². The van der Waals surface area contributed by atoms with Crippen LogP contribution in [-0.4, -0.2) is 6.18 Å². The molecule has 0 fully saturated rings. The van der Waals surface area contributed by atoms with E-state index in [-0.39, 0.29) is 6.08 Å². The van der Waals surface area contributed by atoms with Crippen molar-refractivity contribution in [3.8, 4) is 11.1 Å². The molecule has 0 nitrogen and oxygen atoms in total. The van der Waals surface area contributed by atoms with E-state index in [9.17, 15) is 22.0 Å². The zero-order valence-electron chi connectivity index (χ0n) is 13.8. The predicted molar refractivity (Wildman–Crippen MR) is 90.1 cm³/mol. The maximum Gasteiger partial charge on any atom is 0.409 e. The van der Waals surface area contributed by atoms with Crippen molar-refractivity contribution in [2.75, 3.05) is 0 Å². The lowest BCUT2D eigenvalue weighted by Crippen LogP contribution is -2.01. The second-order valence-corrected chi connectivity index (χ2v) is 5.88. The summed E-state index contributed by atoms with van der Waals surface area (Å²) in [4.78, 5) is 0. The van der Waals surface area contributed by atoms with Gasteiger partial charge in [0.2, 0.25) is 0 Å². The lowest BCUT2D eigenvalue weighted by atomic mass is 9.99. The van der Waals surface area contributed by atoms with Crippen LogP contribution in [0.3, 0.4) is 0 Å². The third kappa shape index (κ3) is 5.69. The van der Waals surface area contributed by atoms with Crippen LogP contribution in [0, 0.1) is 11.6 Å². The summed E-state index contributed by atoms with van der Waals surface area (Å²) in [6, 6.07) is 9.43. The van der Waals surface area contributed by atoms with Crippen LogP contribution in [0.5, 0.6) is 0 Å². The van der Waals surface area contributed by atoms with Crippen molar-refractivity contribution < 1.29 is 22.0 Å². The highest BCUT2D eigenvalue weighted by atomic mass is 19.4. The molecule has 0 saturated carbocycles. The number of hydrogen-bond donors (Lipinski definition) is 0. The molecule has 2 aromatic carbocycles. The summed E-state index contributed by atoms with van der Waals surface area (Å²) in [5.41, 5.74) is 1.35. The number of halogens is 5. The van der Waals surface area contributed by atoms with Crippen LogP contribution in [0.1, 0.15) is 37.3 Å². The van der Waals surface area contributed by atoms with Gasteiger partial charge in [-0.05, 0) is 47.7 Å². The molecule has 134 valence electrons. The Kier molecular flexibility index (Phi) is 6.34. The lowest BCUT2D eigenvalue weighted by molar-refractivity contribution is -0.0790. The van der Waals surface area contributed by atoms with Gasteiger partial charge in [-0.1, -0.05) is 44.0 Å². The standard InChI is InChI=1S/C20H19F5/c1-2-3-4-5-14-6-8-15(9-7-14)16-12-18(21)17(19(22)13-16)10-11-20(23,24)25/h6-13H,2-5H2,1H3/b11-10+. The van der Waals surface area contributed by atoms with Crippen molar-refractivity contribution in [3.63, 3.8) is 0 Å². The molecule has 0 aromatic heterocycles. The Morgan fingerprint density at radius 2 is 1.48 bits per heavy atom. The minimum atomic E-state index is -4.62. The number of alkyl halides is 3. The van der Waals surface area contributed by atoms with Gasteiger partial charge in [0, 0.05) is 11.6 Å². The van der Waals surface area contributed by atoms with E-state index in [4.69, 9.17) is 0 Å². The van der Waals surface area contributed by atoms with Gasteiger partial charge in [0.25, 0.3) is 0 Å². The Hall–Kier alpha value is -2.17. The van der Waals surface area contributed by atoms with E-state index >= 15 is 0 Å². The first-order valence-electron chi connectivity index (χ1n) is 8.14. The summed E-state index contributed by atoms with van der Waals surface area (Å²) in [5, 5.41) is 0.